The topological polar surface area (TPSA) is 119 Å². The van der Waals surface area contributed by atoms with E-state index in [4.69, 9.17) is 0 Å². The number of H-pyrrole nitrogens is 1. The van der Waals surface area contributed by atoms with Crippen molar-refractivity contribution in [3.8, 4) is 5.88 Å². The molecule has 8 nitrogen and oxygen atoms in total. The van der Waals surface area contributed by atoms with Gasteiger partial charge in [0.1, 0.15) is 0 Å². The summed E-state index contributed by atoms with van der Waals surface area (Å²) < 4.78 is 0. The number of hydrogen-bond acceptors (Lipinski definition) is 6. The Kier molecular flexibility index (Phi) is 3.00. The molecule has 0 radical (unpaired) electrons. The van der Waals surface area contributed by atoms with Crippen molar-refractivity contribution in [2.45, 2.75) is 6.92 Å². The van der Waals surface area contributed by atoms with Crippen LogP contribution in [0.2, 0.25) is 0 Å². The maximum atomic E-state index is 11.3. The molecule has 0 unspecified atom stereocenters. The molecule has 1 aromatic carbocycles. The predicted octanol–water partition coefficient (Wildman–Crippen LogP) is 1.14. The van der Waals surface area contributed by atoms with Gasteiger partial charge in [-0.1, -0.05) is 0 Å². The smallest absolute Gasteiger partial charge is 0.269 e. The molecule has 0 saturated heterocycles. The van der Waals surface area contributed by atoms with Gasteiger partial charge >= 0.3 is 0 Å². The number of aromatic amines is 1. The van der Waals surface area contributed by atoms with Gasteiger partial charge in [0.15, 0.2) is 0 Å². The normalized spacial score (nSPS) is 10.1. The molecule has 3 N–H and O–H groups in total. The molecule has 0 bridgehead atoms. The average molecular weight is 248 g/mol. The Morgan fingerprint density at radius 3 is 2.44 bits per heavy atom. The molecular weight excluding hydrogens is 238 g/mol. The highest BCUT2D eigenvalue weighted by molar-refractivity contribution is 5.60. The number of aryl methyl sites for hydroxylation is 1. The number of rotatable bonds is 4. The first-order valence-electron chi connectivity index (χ1n) is 5.06. The van der Waals surface area contributed by atoms with Crippen LogP contribution in [0.5, 0.6) is 5.88 Å². The Balaban J connectivity index is 2.04. The molecule has 0 fully saturated rings. The van der Waals surface area contributed by atoms with E-state index in [1.54, 1.807) is 6.92 Å². The Morgan fingerprint density at radius 2 is 1.94 bits per heavy atom. The van der Waals surface area contributed by atoms with Crippen molar-refractivity contribution in [2.75, 3.05) is 10.9 Å². The van der Waals surface area contributed by atoms with E-state index in [1.165, 1.54) is 24.3 Å². The summed E-state index contributed by atoms with van der Waals surface area (Å²) >= 11 is 0. The van der Waals surface area contributed by atoms with E-state index < -0.39 is 10.8 Å². The SMILES string of the molecule is Cc1[nH]nc([O-])c1NNc1ccc([N+](=O)[O-])cc1. The van der Waals surface area contributed by atoms with Gasteiger partial charge in [-0.15, -0.1) is 0 Å². The van der Waals surface area contributed by atoms with E-state index in [9.17, 15) is 15.2 Å². The van der Waals surface area contributed by atoms with Gasteiger partial charge in [-0.2, -0.15) is 5.10 Å². The minimum atomic E-state index is -0.479. The van der Waals surface area contributed by atoms with Crippen molar-refractivity contribution in [1.29, 1.82) is 0 Å². The van der Waals surface area contributed by atoms with E-state index in [2.05, 4.69) is 21.0 Å². The molecule has 94 valence electrons. The van der Waals surface area contributed by atoms with E-state index in [1.807, 2.05) is 0 Å². The van der Waals surface area contributed by atoms with Gasteiger partial charge in [0, 0.05) is 18.0 Å². The zero-order valence-corrected chi connectivity index (χ0v) is 9.43. The fourth-order valence-corrected chi connectivity index (χ4v) is 1.36. The Bertz CT molecular complexity index is 544. The lowest BCUT2D eigenvalue weighted by molar-refractivity contribution is -0.384. The summed E-state index contributed by atoms with van der Waals surface area (Å²) in [5.41, 5.74) is 6.98. The molecule has 18 heavy (non-hydrogen) atoms. The zero-order chi connectivity index (χ0) is 13.1. The lowest BCUT2D eigenvalue weighted by atomic mass is 10.3. The molecule has 2 rings (SSSR count). The van der Waals surface area contributed by atoms with E-state index >= 15 is 0 Å². The first-order chi connectivity index (χ1) is 8.58. The number of benzene rings is 1. The summed E-state index contributed by atoms with van der Waals surface area (Å²) in [6, 6.07) is 5.80. The molecule has 0 aliphatic rings. The highest BCUT2D eigenvalue weighted by Crippen LogP contribution is 2.21. The average Bonchev–Trinajstić information content (AvgIpc) is 2.67. The van der Waals surface area contributed by atoms with Crippen LogP contribution in [-0.2, 0) is 0 Å². The number of hydrogen-bond donors (Lipinski definition) is 3. The highest BCUT2D eigenvalue weighted by atomic mass is 16.6. The van der Waals surface area contributed by atoms with Crippen LogP contribution in [0.1, 0.15) is 5.69 Å². The van der Waals surface area contributed by atoms with Gasteiger partial charge in [0.25, 0.3) is 5.69 Å². The minimum Gasteiger partial charge on any atom is -0.856 e. The second kappa shape index (κ2) is 4.62. The van der Waals surface area contributed by atoms with E-state index in [-0.39, 0.29) is 5.69 Å². The van der Waals surface area contributed by atoms with Crippen LogP contribution in [0.3, 0.4) is 0 Å². The van der Waals surface area contributed by atoms with Crippen molar-refractivity contribution in [3.05, 3.63) is 40.1 Å². The maximum absolute atomic E-state index is 11.3. The number of non-ortho nitro benzene ring substituents is 1. The Labute approximate surface area is 102 Å². The summed E-state index contributed by atoms with van der Waals surface area (Å²) in [7, 11) is 0. The third kappa shape index (κ3) is 2.32. The molecule has 0 amide bonds. The van der Waals surface area contributed by atoms with Crippen LogP contribution >= 0.6 is 0 Å². The summed E-state index contributed by atoms with van der Waals surface area (Å²) in [6.07, 6.45) is 0. The number of anilines is 2. The quantitative estimate of drug-likeness (QED) is 0.551. The standard InChI is InChI=1S/C10H11N5O3/c1-6-9(10(16)14-11-6)13-12-7-2-4-8(5-3-7)15(17)18/h2-5,12-13H,1H3,(H2,11,14,16)/p-1. The molecule has 0 spiro atoms. The summed E-state index contributed by atoms with van der Waals surface area (Å²) in [5, 5.41) is 27.8. The third-order valence-corrected chi connectivity index (χ3v) is 2.32. The fraction of sp³-hybridized carbons (Fsp3) is 0.100. The fourth-order valence-electron chi connectivity index (χ4n) is 1.36. The van der Waals surface area contributed by atoms with Gasteiger partial charge in [0.05, 0.1) is 22.0 Å². The number of nitrogens with one attached hydrogen (secondary N) is 3. The molecule has 0 saturated carbocycles. The maximum Gasteiger partial charge on any atom is 0.269 e. The molecular formula is C10H10N5O3-. The van der Waals surface area contributed by atoms with Crippen LogP contribution in [0.25, 0.3) is 0 Å². The number of nitro benzene ring substituents is 1. The van der Waals surface area contributed by atoms with Gasteiger partial charge in [-0.3, -0.25) is 20.6 Å². The number of nitrogens with zero attached hydrogens (tertiary/aromatic N) is 2. The van der Waals surface area contributed by atoms with Crippen molar-refractivity contribution < 1.29 is 10.0 Å². The molecule has 0 aliphatic heterocycles. The van der Waals surface area contributed by atoms with E-state index in [0.717, 1.165) is 0 Å². The number of nitro groups is 1. The lowest BCUT2D eigenvalue weighted by Crippen LogP contribution is -2.10. The molecule has 0 atom stereocenters. The van der Waals surface area contributed by atoms with Crippen molar-refractivity contribution in [1.82, 2.24) is 10.2 Å². The Hall–Kier alpha value is -2.77. The van der Waals surface area contributed by atoms with Crippen molar-refractivity contribution in [2.24, 2.45) is 0 Å². The van der Waals surface area contributed by atoms with Gasteiger partial charge in [-0.25, -0.2) is 0 Å². The van der Waals surface area contributed by atoms with Crippen LogP contribution < -0.4 is 16.0 Å². The van der Waals surface area contributed by atoms with Crippen LogP contribution in [0, 0.1) is 17.0 Å². The first kappa shape index (κ1) is 11.7. The molecule has 1 heterocycles. The highest BCUT2D eigenvalue weighted by Gasteiger charge is 2.05. The molecule has 8 heteroatoms. The third-order valence-electron chi connectivity index (χ3n) is 2.32. The Morgan fingerprint density at radius 1 is 1.28 bits per heavy atom. The number of hydrazine groups is 1. The van der Waals surface area contributed by atoms with Crippen LogP contribution in [0.15, 0.2) is 24.3 Å². The zero-order valence-electron chi connectivity index (χ0n) is 9.43. The van der Waals surface area contributed by atoms with Gasteiger partial charge < -0.3 is 10.5 Å². The number of aromatic nitrogens is 2. The van der Waals surface area contributed by atoms with Crippen molar-refractivity contribution in [3.63, 3.8) is 0 Å². The van der Waals surface area contributed by atoms with E-state index in [0.29, 0.717) is 17.1 Å². The van der Waals surface area contributed by atoms with Gasteiger partial charge in [0.2, 0.25) is 0 Å². The van der Waals surface area contributed by atoms with Crippen LogP contribution in [-0.4, -0.2) is 15.1 Å². The summed E-state index contributed by atoms with van der Waals surface area (Å²) in [4.78, 5) is 9.98. The van der Waals surface area contributed by atoms with Gasteiger partial charge in [-0.05, 0) is 19.1 Å². The summed E-state index contributed by atoms with van der Waals surface area (Å²) in [5.74, 6) is -0.401. The largest absolute Gasteiger partial charge is 0.856 e. The molecule has 1 aromatic heterocycles. The van der Waals surface area contributed by atoms with Crippen molar-refractivity contribution >= 4 is 17.1 Å². The monoisotopic (exact) mass is 248 g/mol. The second-order valence-corrected chi connectivity index (χ2v) is 3.58. The van der Waals surface area contributed by atoms with Crippen LogP contribution in [0.4, 0.5) is 17.1 Å². The lowest BCUT2D eigenvalue weighted by Gasteiger charge is -2.12. The summed E-state index contributed by atoms with van der Waals surface area (Å²) in [6.45, 7) is 1.70. The molecule has 0 aliphatic carbocycles. The first-order valence-corrected chi connectivity index (χ1v) is 5.06. The molecule has 2 aromatic rings. The predicted molar refractivity (Wildman–Crippen MR) is 63.1 cm³/mol. The minimum absolute atomic E-state index is 0.00422. The second-order valence-electron chi connectivity index (χ2n) is 3.58.